The number of carboxylic acid groups (broad SMARTS) is 1. The van der Waals surface area contributed by atoms with Crippen LogP contribution in [0.3, 0.4) is 0 Å². The molecule has 2 aliphatic rings. The molecule has 184 valence electrons. The number of halogens is 3. The number of ether oxygens (including phenoxy) is 1. The van der Waals surface area contributed by atoms with Crippen LogP contribution >= 0.6 is 11.6 Å². The van der Waals surface area contributed by atoms with E-state index >= 15 is 0 Å². The molecule has 1 aliphatic heterocycles. The van der Waals surface area contributed by atoms with E-state index in [1.54, 1.807) is 6.07 Å². The first kappa shape index (κ1) is 24.9. The van der Waals surface area contributed by atoms with Crippen molar-refractivity contribution in [1.29, 1.82) is 0 Å². The molecule has 2 aromatic rings. The Morgan fingerprint density at radius 3 is 2.47 bits per heavy atom. The van der Waals surface area contributed by atoms with Crippen LogP contribution in [-0.2, 0) is 16.8 Å². The summed E-state index contributed by atoms with van der Waals surface area (Å²) in [6.07, 6.45) is 4.33. The normalized spacial score (nSPS) is 27.2. The van der Waals surface area contributed by atoms with Gasteiger partial charge in [-0.25, -0.2) is 8.78 Å². The minimum Gasteiger partial charge on any atom is -0.489 e. The monoisotopic (exact) mass is 492 g/mol. The summed E-state index contributed by atoms with van der Waals surface area (Å²) >= 11 is 6.32. The predicted octanol–water partition coefficient (Wildman–Crippen LogP) is 5.00. The van der Waals surface area contributed by atoms with Crippen LogP contribution in [0.5, 0.6) is 5.75 Å². The third-order valence-electron chi connectivity index (χ3n) is 7.45. The molecule has 2 fully saturated rings. The Kier molecular flexibility index (Phi) is 7.45. The van der Waals surface area contributed by atoms with Gasteiger partial charge in [0.05, 0.1) is 5.02 Å². The van der Waals surface area contributed by atoms with Crippen molar-refractivity contribution >= 4 is 17.6 Å². The molecular weight excluding hydrogens is 462 g/mol. The van der Waals surface area contributed by atoms with Gasteiger partial charge in [0.1, 0.15) is 29.5 Å². The molecule has 1 saturated heterocycles. The number of hydrogen-bond acceptors (Lipinski definition) is 4. The Balaban J connectivity index is 1.44. The summed E-state index contributed by atoms with van der Waals surface area (Å²) in [5.41, 5.74) is 1.67. The quantitative estimate of drug-likeness (QED) is 0.569. The average molecular weight is 493 g/mol. The van der Waals surface area contributed by atoms with Crippen molar-refractivity contribution in [3.8, 4) is 5.75 Å². The van der Waals surface area contributed by atoms with Crippen LogP contribution in [0.2, 0.25) is 5.02 Å². The Morgan fingerprint density at radius 1 is 1.21 bits per heavy atom. The SMILES string of the molecule is CN(C)C1(c2ccc(F)cc2)CCC(Cc2cc(O[C@@H]3CN[C@H](C(=O)O)C3)cc(F)c2Cl)CC1. The molecule has 0 radical (unpaired) electrons. The highest BCUT2D eigenvalue weighted by Crippen LogP contribution is 2.44. The van der Waals surface area contributed by atoms with Gasteiger partial charge in [-0.1, -0.05) is 23.7 Å². The highest BCUT2D eigenvalue weighted by Gasteiger charge is 2.39. The van der Waals surface area contributed by atoms with E-state index < -0.39 is 17.8 Å². The lowest BCUT2D eigenvalue weighted by Crippen LogP contribution is -2.44. The molecule has 1 aliphatic carbocycles. The topological polar surface area (TPSA) is 61.8 Å². The van der Waals surface area contributed by atoms with Gasteiger partial charge in [-0.05, 0) is 81.4 Å². The fourth-order valence-corrected chi connectivity index (χ4v) is 5.62. The van der Waals surface area contributed by atoms with Crippen LogP contribution in [0.25, 0.3) is 0 Å². The smallest absolute Gasteiger partial charge is 0.320 e. The number of rotatable bonds is 7. The van der Waals surface area contributed by atoms with E-state index in [0.29, 0.717) is 36.6 Å². The van der Waals surface area contributed by atoms with Crippen molar-refractivity contribution in [3.63, 3.8) is 0 Å². The lowest BCUT2D eigenvalue weighted by molar-refractivity contribution is -0.139. The van der Waals surface area contributed by atoms with Crippen LogP contribution < -0.4 is 10.1 Å². The highest BCUT2D eigenvalue weighted by molar-refractivity contribution is 6.31. The molecule has 2 N–H and O–H groups in total. The molecule has 0 amide bonds. The predicted molar refractivity (Wildman–Crippen MR) is 127 cm³/mol. The van der Waals surface area contributed by atoms with Gasteiger partial charge in [0.25, 0.3) is 0 Å². The van der Waals surface area contributed by atoms with Crippen LogP contribution in [0, 0.1) is 17.6 Å². The van der Waals surface area contributed by atoms with Crippen molar-refractivity contribution in [2.75, 3.05) is 20.6 Å². The van der Waals surface area contributed by atoms with Crippen LogP contribution in [0.1, 0.15) is 43.2 Å². The summed E-state index contributed by atoms with van der Waals surface area (Å²) in [7, 11) is 4.12. The number of nitrogens with one attached hydrogen (secondary N) is 1. The zero-order valence-electron chi connectivity index (χ0n) is 19.5. The van der Waals surface area contributed by atoms with Gasteiger partial charge < -0.3 is 15.2 Å². The molecule has 34 heavy (non-hydrogen) atoms. The Bertz CT molecular complexity index is 1020. The fourth-order valence-electron chi connectivity index (χ4n) is 5.43. The molecule has 4 rings (SSSR count). The lowest BCUT2D eigenvalue weighted by Gasteiger charge is -2.45. The minimum atomic E-state index is -0.916. The van der Waals surface area contributed by atoms with Crippen molar-refractivity contribution in [1.82, 2.24) is 10.2 Å². The summed E-state index contributed by atoms with van der Waals surface area (Å²) in [6.45, 7) is 0.398. The molecule has 0 unspecified atom stereocenters. The maximum atomic E-state index is 14.6. The molecule has 5 nitrogen and oxygen atoms in total. The van der Waals surface area contributed by atoms with Crippen LogP contribution in [0.15, 0.2) is 36.4 Å². The maximum absolute atomic E-state index is 14.6. The number of hydrogen-bond donors (Lipinski definition) is 2. The van der Waals surface area contributed by atoms with Crippen LogP contribution in [-0.4, -0.2) is 48.8 Å². The molecule has 0 bridgehead atoms. The van der Waals surface area contributed by atoms with E-state index in [-0.39, 0.29) is 22.5 Å². The largest absolute Gasteiger partial charge is 0.489 e. The average Bonchev–Trinajstić information content (AvgIpc) is 3.27. The molecule has 2 aromatic carbocycles. The van der Waals surface area contributed by atoms with E-state index in [1.165, 1.54) is 18.2 Å². The first-order valence-corrected chi connectivity index (χ1v) is 12.1. The molecule has 1 saturated carbocycles. The van der Waals surface area contributed by atoms with Gasteiger partial charge in [-0.2, -0.15) is 0 Å². The summed E-state index contributed by atoms with van der Waals surface area (Å²) in [5.74, 6) is -0.970. The summed E-state index contributed by atoms with van der Waals surface area (Å²) < 4.78 is 34.0. The van der Waals surface area contributed by atoms with Gasteiger partial charge in [0.2, 0.25) is 0 Å². The first-order chi connectivity index (χ1) is 16.2. The van der Waals surface area contributed by atoms with Crippen LogP contribution in [0.4, 0.5) is 8.78 Å². The number of nitrogens with zero attached hydrogens (tertiary/aromatic N) is 1. The number of carboxylic acids is 1. The Labute approximate surface area is 204 Å². The second-order valence-electron chi connectivity index (χ2n) is 9.73. The Hall–Kier alpha value is -2.22. The standard InChI is InChI=1S/C26H31ClF2N2O3/c1-31(2)26(18-3-5-19(28)6-4-18)9-7-16(8-10-26)11-17-12-20(13-22(29)24(17)27)34-21-14-23(25(32)33)30-15-21/h3-6,12-13,16,21,23,30H,7-11,14-15H2,1-2H3,(H,32,33)/t16?,21-,23-,26?/m0/s1. The number of carbonyl (C=O) groups is 1. The molecular formula is C26H31ClF2N2O3. The third kappa shape index (κ3) is 5.21. The van der Waals surface area contributed by atoms with Crippen molar-refractivity contribution < 1.29 is 23.4 Å². The van der Waals surface area contributed by atoms with Gasteiger partial charge in [0, 0.05) is 24.6 Å². The zero-order chi connectivity index (χ0) is 24.5. The number of benzene rings is 2. The van der Waals surface area contributed by atoms with E-state index in [2.05, 4.69) is 24.3 Å². The van der Waals surface area contributed by atoms with Gasteiger partial charge in [-0.3, -0.25) is 9.69 Å². The molecule has 1 heterocycles. The Morgan fingerprint density at radius 2 is 1.88 bits per heavy atom. The van der Waals surface area contributed by atoms with Crippen molar-refractivity contribution in [2.24, 2.45) is 5.92 Å². The van der Waals surface area contributed by atoms with Gasteiger partial charge in [-0.15, -0.1) is 0 Å². The van der Waals surface area contributed by atoms with Gasteiger partial charge >= 0.3 is 5.97 Å². The summed E-state index contributed by atoms with van der Waals surface area (Å²) in [4.78, 5) is 13.4. The molecule has 2 atom stereocenters. The summed E-state index contributed by atoms with van der Waals surface area (Å²) in [6, 6.07) is 9.17. The first-order valence-electron chi connectivity index (χ1n) is 11.7. The van der Waals surface area contributed by atoms with E-state index in [1.807, 2.05) is 12.1 Å². The third-order valence-corrected chi connectivity index (χ3v) is 7.87. The zero-order valence-corrected chi connectivity index (χ0v) is 20.2. The maximum Gasteiger partial charge on any atom is 0.320 e. The highest BCUT2D eigenvalue weighted by atomic mass is 35.5. The van der Waals surface area contributed by atoms with Crippen molar-refractivity contribution in [2.45, 2.75) is 56.2 Å². The van der Waals surface area contributed by atoms with E-state index in [0.717, 1.165) is 31.2 Å². The number of aliphatic carboxylic acids is 1. The fraction of sp³-hybridized carbons (Fsp3) is 0.500. The molecule has 8 heteroatoms. The molecule has 0 aromatic heterocycles. The van der Waals surface area contributed by atoms with E-state index in [4.69, 9.17) is 21.4 Å². The second-order valence-corrected chi connectivity index (χ2v) is 10.1. The van der Waals surface area contributed by atoms with Crippen molar-refractivity contribution in [3.05, 3.63) is 64.2 Å². The second kappa shape index (κ2) is 10.2. The summed E-state index contributed by atoms with van der Waals surface area (Å²) in [5, 5.41) is 12.2. The van der Waals surface area contributed by atoms with E-state index in [9.17, 15) is 13.6 Å². The molecule has 0 spiro atoms. The minimum absolute atomic E-state index is 0.114. The lowest BCUT2D eigenvalue weighted by atomic mass is 9.70. The van der Waals surface area contributed by atoms with Gasteiger partial charge in [0.15, 0.2) is 0 Å².